The molecule has 4 nitrogen and oxygen atoms in total. The van der Waals surface area contributed by atoms with Crippen LogP contribution >= 0.6 is 22.6 Å². The van der Waals surface area contributed by atoms with Crippen LogP contribution in [0, 0.1) is 0 Å². The van der Waals surface area contributed by atoms with E-state index in [4.69, 9.17) is 0 Å². The average Bonchev–Trinajstić information content (AvgIpc) is 2.86. The molecule has 0 spiro atoms. The van der Waals surface area contributed by atoms with E-state index < -0.39 is 17.8 Å². The number of carbonyl (C=O) groups excluding carboxylic acids is 1. The summed E-state index contributed by atoms with van der Waals surface area (Å²) >= 11 is 2.28. The molecule has 0 aliphatic rings. The minimum Gasteiger partial charge on any atom is -0.365 e. The van der Waals surface area contributed by atoms with Gasteiger partial charge in [-0.2, -0.15) is 13.2 Å². The molecule has 0 aliphatic carbocycles. The summed E-state index contributed by atoms with van der Waals surface area (Å²) in [6.07, 6.45) is -4.45. The first-order valence-electron chi connectivity index (χ1n) is 12.2. The highest BCUT2D eigenvalue weighted by Gasteiger charge is 2.30. The standard InChI is InChI=1S/C29H33F3IN3O/c1-19(2)25-7-6-8-26(20(3)4)27(25)34-28(37)36(24-15-11-22(12-16-24)29(30,31)32)17-21-9-13-23(14-10-21)35(5)18-33/h6-16,19-20H,17-18H2,1-5H3,(H,34,37). The predicted molar refractivity (Wildman–Crippen MR) is 155 cm³/mol. The maximum Gasteiger partial charge on any atom is 0.416 e. The molecule has 0 fully saturated rings. The summed E-state index contributed by atoms with van der Waals surface area (Å²) < 4.78 is 40.4. The molecular formula is C29H33F3IN3O. The highest BCUT2D eigenvalue weighted by molar-refractivity contribution is 14.1. The minimum atomic E-state index is -4.45. The molecule has 0 bridgehead atoms. The van der Waals surface area contributed by atoms with E-state index in [9.17, 15) is 18.0 Å². The van der Waals surface area contributed by atoms with Gasteiger partial charge in [0.25, 0.3) is 0 Å². The number of nitrogens with one attached hydrogen (secondary N) is 1. The van der Waals surface area contributed by atoms with Crippen LogP contribution in [0.1, 0.15) is 61.8 Å². The highest BCUT2D eigenvalue weighted by atomic mass is 127. The summed E-state index contributed by atoms with van der Waals surface area (Å²) in [6, 6.07) is 18.1. The van der Waals surface area contributed by atoms with E-state index in [1.807, 2.05) is 49.5 Å². The summed E-state index contributed by atoms with van der Waals surface area (Å²) in [7, 11) is 1.99. The first-order valence-corrected chi connectivity index (χ1v) is 13.7. The Morgan fingerprint density at radius 1 is 0.865 bits per heavy atom. The Labute approximate surface area is 231 Å². The van der Waals surface area contributed by atoms with Gasteiger partial charge in [0.15, 0.2) is 0 Å². The van der Waals surface area contributed by atoms with E-state index in [0.717, 1.165) is 44.7 Å². The van der Waals surface area contributed by atoms with Crippen molar-refractivity contribution in [3.63, 3.8) is 0 Å². The molecule has 0 radical (unpaired) electrons. The van der Waals surface area contributed by atoms with Gasteiger partial charge in [0.1, 0.15) is 0 Å². The van der Waals surface area contributed by atoms with E-state index in [0.29, 0.717) is 5.69 Å². The second-order valence-electron chi connectivity index (χ2n) is 9.67. The molecule has 0 heterocycles. The Hall–Kier alpha value is -2.75. The van der Waals surface area contributed by atoms with Gasteiger partial charge in [-0.15, -0.1) is 0 Å². The van der Waals surface area contributed by atoms with Gasteiger partial charge in [0.2, 0.25) is 0 Å². The molecule has 3 aromatic rings. The van der Waals surface area contributed by atoms with E-state index in [1.54, 1.807) is 0 Å². The highest BCUT2D eigenvalue weighted by Crippen LogP contribution is 2.34. The summed E-state index contributed by atoms with van der Waals surface area (Å²) in [6.45, 7) is 8.47. The predicted octanol–water partition coefficient (Wildman–Crippen LogP) is 9.02. The van der Waals surface area contributed by atoms with Gasteiger partial charge < -0.3 is 10.2 Å². The SMILES string of the molecule is CC(C)c1cccc(C(C)C)c1NC(=O)N(Cc1ccc(N(C)CI)cc1)c1ccc(C(F)(F)F)cc1. The van der Waals surface area contributed by atoms with Crippen LogP contribution < -0.4 is 15.1 Å². The molecule has 1 N–H and O–H groups in total. The third-order valence-electron chi connectivity index (χ3n) is 6.25. The van der Waals surface area contributed by atoms with Crippen molar-refractivity contribution >= 4 is 45.7 Å². The number of urea groups is 1. The molecule has 0 unspecified atom stereocenters. The molecule has 37 heavy (non-hydrogen) atoms. The molecular weight excluding hydrogens is 590 g/mol. The fourth-order valence-electron chi connectivity index (χ4n) is 4.09. The molecule has 198 valence electrons. The van der Waals surface area contributed by atoms with Crippen LogP contribution in [0.5, 0.6) is 0 Å². The number of para-hydroxylation sites is 1. The van der Waals surface area contributed by atoms with E-state index in [2.05, 4.69) is 60.5 Å². The quantitative estimate of drug-likeness (QED) is 0.155. The molecule has 3 rings (SSSR count). The Bertz CT molecular complexity index is 1170. The number of benzene rings is 3. The largest absolute Gasteiger partial charge is 0.416 e. The number of alkyl halides is 4. The van der Waals surface area contributed by atoms with Crippen LogP contribution in [0.2, 0.25) is 0 Å². The second kappa shape index (κ2) is 12.2. The van der Waals surface area contributed by atoms with Crippen molar-refractivity contribution in [2.75, 3.05) is 26.7 Å². The number of hydrogen-bond acceptors (Lipinski definition) is 2. The fraction of sp³-hybridized carbons (Fsp3) is 0.345. The zero-order chi connectivity index (χ0) is 27.3. The van der Waals surface area contributed by atoms with Gasteiger partial charge in [-0.05, 0) is 64.9 Å². The number of rotatable bonds is 8. The van der Waals surface area contributed by atoms with Gasteiger partial charge in [-0.1, -0.05) is 80.6 Å². The van der Waals surface area contributed by atoms with Crippen LogP contribution in [-0.4, -0.2) is 17.6 Å². The number of halogens is 4. The van der Waals surface area contributed by atoms with Gasteiger partial charge in [-0.25, -0.2) is 4.79 Å². The Kier molecular flexibility index (Phi) is 9.50. The molecule has 0 aromatic heterocycles. The smallest absolute Gasteiger partial charge is 0.365 e. The van der Waals surface area contributed by atoms with E-state index in [1.165, 1.54) is 17.0 Å². The van der Waals surface area contributed by atoms with Crippen LogP contribution in [-0.2, 0) is 12.7 Å². The van der Waals surface area contributed by atoms with Gasteiger partial charge >= 0.3 is 12.2 Å². The van der Waals surface area contributed by atoms with Crippen molar-refractivity contribution < 1.29 is 18.0 Å². The molecule has 2 amide bonds. The molecule has 3 aromatic carbocycles. The van der Waals surface area contributed by atoms with Crippen LogP contribution in [0.3, 0.4) is 0 Å². The van der Waals surface area contributed by atoms with Gasteiger partial charge in [0, 0.05) is 24.1 Å². The topological polar surface area (TPSA) is 35.6 Å². The lowest BCUT2D eigenvalue weighted by atomic mass is 9.93. The summed E-state index contributed by atoms with van der Waals surface area (Å²) in [5, 5.41) is 3.10. The lowest BCUT2D eigenvalue weighted by Gasteiger charge is -2.27. The molecule has 0 saturated carbocycles. The van der Waals surface area contributed by atoms with Crippen molar-refractivity contribution in [1.82, 2.24) is 0 Å². The van der Waals surface area contributed by atoms with Crippen molar-refractivity contribution in [2.45, 2.75) is 52.3 Å². The van der Waals surface area contributed by atoms with Crippen molar-refractivity contribution in [3.8, 4) is 0 Å². The number of amides is 2. The lowest BCUT2D eigenvalue weighted by Crippen LogP contribution is -2.35. The number of anilines is 3. The van der Waals surface area contributed by atoms with Gasteiger partial charge in [0.05, 0.1) is 16.7 Å². The zero-order valence-corrected chi connectivity index (χ0v) is 23.9. The maximum absolute atomic E-state index is 13.8. The van der Waals surface area contributed by atoms with Gasteiger partial charge in [-0.3, -0.25) is 4.90 Å². The third kappa shape index (κ3) is 7.18. The number of hydrogen-bond donors (Lipinski definition) is 1. The Balaban J connectivity index is 2.00. The third-order valence-corrected chi connectivity index (χ3v) is 7.28. The molecule has 0 saturated heterocycles. The van der Waals surface area contributed by atoms with Crippen LogP contribution in [0.4, 0.5) is 35.0 Å². The number of nitrogens with zero attached hydrogens (tertiary/aromatic N) is 2. The van der Waals surface area contributed by atoms with Crippen LogP contribution in [0.15, 0.2) is 66.7 Å². The molecule has 8 heteroatoms. The fourth-order valence-corrected chi connectivity index (χ4v) is 4.48. The average molecular weight is 624 g/mol. The monoisotopic (exact) mass is 623 g/mol. The zero-order valence-electron chi connectivity index (χ0n) is 21.7. The Morgan fingerprint density at radius 3 is 1.84 bits per heavy atom. The summed E-state index contributed by atoms with van der Waals surface area (Å²) in [5.74, 6) is 0.354. The number of carbonyl (C=O) groups is 1. The van der Waals surface area contributed by atoms with Crippen molar-refractivity contribution in [2.24, 2.45) is 0 Å². The van der Waals surface area contributed by atoms with E-state index >= 15 is 0 Å². The van der Waals surface area contributed by atoms with E-state index in [-0.39, 0.29) is 18.4 Å². The lowest BCUT2D eigenvalue weighted by molar-refractivity contribution is -0.137. The Morgan fingerprint density at radius 2 is 1.38 bits per heavy atom. The minimum absolute atomic E-state index is 0.177. The van der Waals surface area contributed by atoms with Crippen LogP contribution in [0.25, 0.3) is 0 Å². The first kappa shape index (κ1) is 28.8. The summed E-state index contributed by atoms with van der Waals surface area (Å²) in [5.41, 5.74) is 4.31. The molecule has 0 aliphatic heterocycles. The normalized spacial score (nSPS) is 11.6. The second-order valence-corrected chi connectivity index (χ2v) is 10.3. The molecule has 0 atom stereocenters. The summed E-state index contributed by atoms with van der Waals surface area (Å²) in [4.78, 5) is 17.3. The maximum atomic E-state index is 13.8. The van der Waals surface area contributed by atoms with Crippen molar-refractivity contribution in [3.05, 3.63) is 89.0 Å². The van der Waals surface area contributed by atoms with Crippen molar-refractivity contribution in [1.29, 1.82) is 0 Å². The first-order chi connectivity index (χ1) is 17.4.